The molecule has 0 atom stereocenters. The van der Waals surface area contributed by atoms with Crippen LogP contribution in [-0.2, 0) is 0 Å². The molecule has 0 unspecified atom stereocenters. The molecule has 0 radical (unpaired) electrons. The predicted molar refractivity (Wildman–Crippen MR) is 139 cm³/mol. The fourth-order valence-corrected chi connectivity index (χ4v) is 3.58. The van der Waals surface area contributed by atoms with Gasteiger partial charge in [0, 0.05) is 18.7 Å². The SMILES string of the molecule is N/N=C(\N)CCN(c1ccccc1)c1cc(-c2ccc(Oc3ccc(F)cc3)cc2)cc(C(N)=O)n1. The number of aromatic nitrogens is 1. The second-order valence-corrected chi connectivity index (χ2v) is 7.90. The molecule has 0 fully saturated rings. The van der Waals surface area contributed by atoms with E-state index in [2.05, 4.69) is 10.1 Å². The molecule has 36 heavy (non-hydrogen) atoms. The maximum atomic E-state index is 13.1. The smallest absolute Gasteiger partial charge is 0.267 e. The highest BCUT2D eigenvalue weighted by atomic mass is 19.1. The monoisotopic (exact) mass is 484 g/mol. The maximum Gasteiger partial charge on any atom is 0.267 e. The summed E-state index contributed by atoms with van der Waals surface area (Å²) in [4.78, 5) is 18.5. The number of hydrazone groups is 1. The van der Waals surface area contributed by atoms with Crippen molar-refractivity contribution < 1.29 is 13.9 Å². The van der Waals surface area contributed by atoms with Gasteiger partial charge in [0.05, 0.1) is 0 Å². The molecule has 6 N–H and O–H groups in total. The number of carbonyl (C=O) groups excluding carboxylic acids is 1. The molecule has 4 aromatic rings. The van der Waals surface area contributed by atoms with Crippen LogP contribution in [0.25, 0.3) is 11.1 Å². The second-order valence-electron chi connectivity index (χ2n) is 7.90. The van der Waals surface area contributed by atoms with Crippen LogP contribution in [0.5, 0.6) is 11.5 Å². The highest BCUT2D eigenvalue weighted by Gasteiger charge is 2.16. The van der Waals surface area contributed by atoms with E-state index in [4.69, 9.17) is 22.0 Å². The Morgan fingerprint density at radius 3 is 2.14 bits per heavy atom. The molecule has 1 aromatic heterocycles. The average molecular weight is 485 g/mol. The highest BCUT2D eigenvalue weighted by molar-refractivity contribution is 5.93. The molecule has 1 heterocycles. The van der Waals surface area contributed by atoms with E-state index in [1.165, 1.54) is 12.1 Å². The van der Waals surface area contributed by atoms with Gasteiger partial charge in [0.25, 0.3) is 5.91 Å². The summed E-state index contributed by atoms with van der Waals surface area (Å²) in [6.45, 7) is 0.426. The summed E-state index contributed by atoms with van der Waals surface area (Å²) in [5.74, 6) is 6.23. The minimum atomic E-state index is -0.648. The van der Waals surface area contributed by atoms with E-state index >= 15 is 0 Å². The number of anilines is 2. The van der Waals surface area contributed by atoms with Crippen LogP contribution in [0.15, 0.2) is 96.1 Å². The van der Waals surface area contributed by atoms with Crippen molar-refractivity contribution in [2.24, 2.45) is 22.4 Å². The number of nitrogens with two attached hydrogens (primary N) is 3. The highest BCUT2D eigenvalue weighted by Crippen LogP contribution is 2.31. The van der Waals surface area contributed by atoms with Crippen molar-refractivity contribution in [3.8, 4) is 22.6 Å². The van der Waals surface area contributed by atoms with Crippen LogP contribution in [0.4, 0.5) is 15.9 Å². The van der Waals surface area contributed by atoms with Gasteiger partial charge in [-0.25, -0.2) is 9.37 Å². The predicted octanol–water partition coefficient (Wildman–Crippen LogP) is 4.54. The van der Waals surface area contributed by atoms with E-state index in [1.54, 1.807) is 30.3 Å². The Hall–Kier alpha value is -4.92. The molecule has 1 amide bonds. The van der Waals surface area contributed by atoms with Gasteiger partial charge in [0.1, 0.15) is 34.7 Å². The lowest BCUT2D eigenvalue weighted by molar-refractivity contribution is 0.0995. The molecular weight excluding hydrogens is 459 g/mol. The van der Waals surface area contributed by atoms with Crippen LogP contribution in [-0.4, -0.2) is 23.3 Å². The summed E-state index contributed by atoms with van der Waals surface area (Å²) in [7, 11) is 0. The number of primary amides is 1. The topological polar surface area (TPSA) is 133 Å². The third kappa shape index (κ3) is 5.95. The first kappa shape index (κ1) is 24.2. The summed E-state index contributed by atoms with van der Waals surface area (Å²) in [5, 5.41) is 3.54. The lowest BCUT2D eigenvalue weighted by atomic mass is 10.0. The average Bonchev–Trinajstić information content (AvgIpc) is 2.91. The molecule has 0 saturated heterocycles. The van der Waals surface area contributed by atoms with E-state index in [1.807, 2.05) is 53.4 Å². The van der Waals surface area contributed by atoms with Crippen LogP contribution in [0.3, 0.4) is 0 Å². The standard InChI is InChI=1S/C27H25FN6O2/c28-20-8-12-23(13-9-20)36-22-10-6-18(7-11-22)19-16-24(27(30)35)32-26(17-19)34(15-14-25(29)33-31)21-4-2-1-3-5-21/h1-13,16-17H,14-15,31H2,(H2,29,33)(H2,30,35). The van der Waals surface area contributed by atoms with Crippen molar-refractivity contribution in [3.05, 3.63) is 103 Å². The van der Waals surface area contributed by atoms with Crippen molar-refractivity contribution in [1.82, 2.24) is 4.98 Å². The number of benzene rings is 3. The Labute approximate surface area is 207 Å². The number of pyridine rings is 1. The molecule has 4 rings (SSSR count). The zero-order chi connectivity index (χ0) is 25.5. The summed E-state index contributed by atoms with van der Waals surface area (Å²) < 4.78 is 18.9. The minimum absolute atomic E-state index is 0.121. The van der Waals surface area contributed by atoms with E-state index in [0.717, 1.165) is 16.8 Å². The van der Waals surface area contributed by atoms with Crippen molar-refractivity contribution in [3.63, 3.8) is 0 Å². The number of amides is 1. The fraction of sp³-hybridized carbons (Fsp3) is 0.0741. The normalized spacial score (nSPS) is 11.2. The van der Waals surface area contributed by atoms with Gasteiger partial charge in [0.15, 0.2) is 0 Å². The van der Waals surface area contributed by atoms with Crippen LogP contribution in [0.2, 0.25) is 0 Å². The van der Waals surface area contributed by atoms with Crippen molar-refractivity contribution in [2.45, 2.75) is 6.42 Å². The van der Waals surface area contributed by atoms with Gasteiger partial charge in [-0.2, -0.15) is 5.10 Å². The maximum absolute atomic E-state index is 13.1. The van der Waals surface area contributed by atoms with Gasteiger partial charge in [-0.3, -0.25) is 4.79 Å². The molecule has 0 saturated carbocycles. The van der Waals surface area contributed by atoms with Gasteiger partial charge in [-0.1, -0.05) is 30.3 Å². The number of nitrogens with zero attached hydrogens (tertiary/aromatic N) is 3. The first-order valence-corrected chi connectivity index (χ1v) is 11.1. The van der Waals surface area contributed by atoms with Crippen LogP contribution in [0, 0.1) is 5.82 Å². The molecule has 9 heteroatoms. The van der Waals surface area contributed by atoms with Crippen molar-refractivity contribution >= 4 is 23.2 Å². The number of halogens is 1. The van der Waals surface area contributed by atoms with E-state index in [0.29, 0.717) is 36.1 Å². The zero-order valence-corrected chi connectivity index (χ0v) is 19.3. The second kappa shape index (κ2) is 11.0. The Morgan fingerprint density at radius 2 is 1.53 bits per heavy atom. The summed E-state index contributed by atoms with van der Waals surface area (Å²) in [6, 6.07) is 26.1. The van der Waals surface area contributed by atoms with Gasteiger partial charge < -0.3 is 26.9 Å². The number of para-hydroxylation sites is 1. The Kier molecular flexibility index (Phi) is 7.40. The molecule has 0 spiro atoms. The lowest BCUT2D eigenvalue weighted by Gasteiger charge is -2.25. The number of amidine groups is 1. The molecule has 3 aromatic carbocycles. The number of hydrogen-bond acceptors (Lipinski definition) is 6. The molecule has 0 aliphatic rings. The van der Waals surface area contributed by atoms with Gasteiger partial charge in [-0.05, 0) is 71.8 Å². The van der Waals surface area contributed by atoms with Crippen molar-refractivity contribution in [1.29, 1.82) is 0 Å². The number of carbonyl (C=O) groups is 1. The third-order valence-corrected chi connectivity index (χ3v) is 5.40. The first-order chi connectivity index (χ1) is 17.4. The first-order valence-electron chi connectivity index (χ1n) is 11.1. The van der Waals surface area contributed by atoms with E-state index in [-0.39, 0.29) is 11.5 Å². The molecule has 0 bridgehead atoms. The quantitative estimate of drug-likeness (QED) is 0.138. The minimum Gasteiger partial charge on any atom is -0.457 e. The molecule has 182 valence electrons. The molecular formula is C27H25FN6O2. The van der Waals surface area contributed by atoms with Gasteiger partial charge >= 0.3 is 0 Å². The summed E-state index contributed by atoms with van der Waals surface area (Å²) >= 11 is 0. The van der Waals surface area contributed by atoms with Crippen molar-refractivity contribution in [2.75, 3.05) is 11.4 Å². The summed E-state index contributed by atoms with van der Waals surface area (Å²) in [5.41, 5.74) is 14.0. The van der Waals surface area contributed by atoms with Gasteiger partial charge in [-0.15, -0.1) is 0 Å². The zero-order valence-electron chi connectivity index (χ0n) is 19.3. The number of hydrogen-bond donors (Lipinski definition) is 3. The summed E-state index contributed by atoms with van der Waals surface area (Å²) in [6.07, 6.45) is 0.388. The van der Waals surface area contributed by atoms with E-state index < -0.39 is 5.91 Å². The lowest BCUT2D eigenvalue weighted by Crippen LogP contribution is -2.26. The fourth-order valence-electron chi connectivity index (χ4n) is 3.58. The molecule has 0 aliphatic heterocycles. The number of ether oxygens (including phenoxy) is 1. The van der Waals surface area contributed by atoms with Gasteiger partial charge in [0.2, 0.25) is 0 Å². The molecule has 8 nitrogen and oxygen atoms in total. The Balaban J connectivity index is 1.68. The Bertz CT molecular complexity index is 1360. The number of rotatable bonds is 9. The van der Waals surface area contributed by atoms with Crippen LogP contribution < -0.4 is 26.9 Å². The largest absolute Gasteiger partial charge is 0.457 e. The van der Waals surface area contributed by atoms with Crippen LogP contribution >= 0.6 is 0 Å². The van der Waals surface area contributed by atoms with Crippen LogP contribution in [0.1, 0.15) is 16.9 Å². The Morgan fingerprint density at radius 1 is 0.889 bits per heavy atom. The third-order valence-electron chi connectivity index (χ3n) is 5.40. The van der Waals surface area contributed by atoms with E-state index in [9.17, 15) is 9.18 Å². The molecule has 0 aliphatic carbocycles.